The van der Waals surface area contributed by atoms with E-state index in [1.807, 2.05) is 12.1 Å². The molecule has 3 heterocycles. The molecule has 10 aromatic rings. The third kappa shape index (κ3) is 3.87. The van der Waals surface area contributed by atoms with Gasteiger partial charge in [-0.15, -0.1) is 0 Å². The second-order valence-corrected chi connectivity index (χ2v) is 12.7. The van der Waals surface area contributed by atoms with Crippen LogP contribution in [0.3, 0.4) is 0 Å². The standard InChI is InChI=1S/C44H29NO2/c1-26-15-18-38-34(21-26)35-22-27(2)16-19-39(35)45(38)40-13-8-12-32-37-25-30(24-33(43(37)47-44(32)40)28-9-4-3-5-10-28)29-17-20-42-36(23-29)31-11-6-7-14-41(31)46-42/h3-25H,1-2H3. The average Bonchev–Trinajstić information content (AvgIpc) is 3.77. The van der Waals surface area contributed by atoms with Crippen molar-refractivity contribution >= 4 is 65.7 Å². The highest BCUT2D eigenvalue weighted by atomic mass is 16.3. The predicted molar refractivity (Wildman–Crippen MR) is 196 cm³/mol. The van der Waals surface area contributed by atoms with Crippen LogP contribution in [0.15, 0.2) is 148 Å². The van der Waals surface area contributed by atoms with Gasteiger partial charge >= 0.3 is 0 Å². The van der Waals surface area contributed by atoms with E-state index in [4.69, 9.17) is 8.83 Å². The van der Waals surface area contributed by atoms with Gasteiger partial charge in [-0.1, -0.05) is 90.0 Å². The van der Waals surface area contributed by atoms with Gasteiger partial charge in [0.2, 0.25) is 0 Å². The lowest BCUT2D eigenvalue weighted by Crippen LogP contribution is -1.94. The Labute approximate surface area is 270 Å². The van der Waals surface area contributed by atoms with Crippen LogP contribution in [-0.2, 0) is 0 Å². The van der Waals surface area contributed by atoms with E-state index in [1.165, 1.54) is 32.9 Å². The maximum absolute atomic E-state index is 7.01. The summed E-state index contributed by atoms with van der Waals surface area (Å²) in [5.41, 5.74) is 13.9. The van der Waals surface area contributed by atoms with Crippen molar-refractivity contribution in [1.29, 1.82) is 0 Å². The first-order chi connectivity index (χ1) is 23.1. The molecule has 10 rings (SSSR count). The van der Waals surface area contributed by atoms with E-state index in [1.54, 1.807) is 0 Å². The lowest BCUT2D eigenvalue weighted by Gasteiger charge is -2.08. The van der Waals surface area contributed by atoms with Gasteiger partial charge in [-0.2, -0.15) is 0 Å². The van der Waals surface area contributed by atoms with Crippen LogP contribution in [0.4, 0.5) is 0 Å². The molecule has 0 unspecified atom stereocenters. The van der Waals surface area contributed by atoms with Gasteiger partial charge in [0.05, 0.1) is 16.7 Å². The van der Waals surface area contributed by atoms with Gasteiger partial charge in [0.25, 0.3) is 0 Å². The highest BCUT2D eigenvalue weighted by Gasteiger charge is 2.21. The van der Waals surface area contributed by atoms with Crippen LogP contribution in [0, 0.1) is 13.8 Å². The highest BCUT2D eigenvalue weighted by Crippen LogP contribution is 2.43. The fourth-order valence-electron chi connectivity index (χ4n) is 7.48. The summed E-state index contributed by atoms with van der Waals surface area (Å²) in [6, 6.07) is 49.9. The summed E-state index contributed by atoms with van der Waals surface area (Å²) in [6.45, 7) is 4.32. The van der Waals surface area contributed by atoms with Crippen LogP contribution in [0.2, 0.25) is 0 Å². The molecule has 0 atom stereocenters. The topological polar surface area (TPSA) is 31.2 Å². The number of hydrogen-bond acceptors (Lipinski definition) is 2. The number of para-hydroxylation sites is 2. The number of aromatic nitrogens is 1. The molecule has 0 saturated heterocycles. The van der Waals surface area contributed by atoms with E-state index in [2.05, 4.69) is 146 Å². The fourth-order valence-corrected chi connectivity index (χ4v) is 7.48. The first-order valence-electron chi connectivity index (χ1n) is 16.1. The zero-order valence-corrected chi connectivity index (χ0v) is 26.0. The molecule has 0 aliphatic heterocycles. The van der Waals surface area contributed by atoms with Gasteiger partial charge in [-0.05, 0) is 91.2 Å². The molecule has 0 radical (unpaired) electrons. The molecule has 0 fully saturated rings. The number of rotatable bonds is 3. The molecular weight excluding hydrogens is 574 g/mol. The minimum Gasteiger partial charge on any atom is -0.456 e. The van der Waals surface area contributed by atoms with E-state index in [0.717, 1.165) is 71.8 Å². The maximum Gasteiger partial charge on any atom is 0.159 e. The van der Waals surface area contributed by atoms with E-state index in [0.29, 0.717) is 0 Å². The van der Waals surface area contributed by atoms with E-state index >= 15 is 0 Å². The van der Waals surface area contributed by atoms with E-state index in [-0.39, 0.29) is 0 Å². The summed E-state index contributed by atoms with van der Waals surface area (Å²) in [4.78, 5) is 0. The Balaban J connectivity index is 1.28. The van der Waals surface area contributed by atoms with Crippen LogP contribution < -0.4 is 0 Å². The Morgan fingerprint density at radius 3 is 1.87 bits per heavy atom. The van der Waals surface area contributed by atoms with Gasteiger partial charge in [-0.25, -0.2) is 0 Å². The third-order valence-electron chi connectivity index (χ3n) is 9.69. The van der Waals surface area contributed by atoms with Crippen molar-refractivity contribution in [3.8, 4) is 27.9 Å². The molecule has 3 heteroatoms. The molecule has 0 aliphatic carbocycles. The predicted octanol–water partition coefficient (Wildman–Crippen LogP) is 12.5. The second-order valence-electron chi connectivity index (χ2n) is 12.7. The van der Waals surface area contributed by atoms with Gasteiger partial charge in [0, 0.05) is 37.9 Å². The average molecular weight is 604 g/mol. The molecule has 3 aromatic heterocycles. The number of nitrogens with zero attached hydrogens (tertiary/aromatic N) is 1. The summed E-state index contributed by atoms with van der Waals surface area (Å²) >= 11 is 0. The lowest BCUT2D eigenvalue weighted by atomic mass is 9.95. The molecule has 222 valence electrons. The quantitative estimate of drug-likeness (QED) is 0.201. The molecular formula is C44H29NO2. The summed E-state index contributed by atoms with van der Waals surface area (Å²) in [5, 5.41) is 6.96. The number of furan rings is 2. The van der Waals surface area contributed by atoms with E-state index < -0.39 is 0 Å². The lowest BCUT2D eigenvalue weighted by molar-refractivity contribution is 0.667. The summed E-state index contributed by atoms with van der Waals surface area (Å²) in [5.74, 6) is 0. The molecule has 7 aromatic carbocycles. The molecule has 47 heavy (non-hydrogen) atoms. The number of fused-ring (bicyclic) bond motifs is 9. The molecule has 0 aliphatic rings. The van der Waals surface area contributed by atoms with Crippen molar-refractivity contribution in [3.05, 3.63) is 151 Å². The zero-order chi connectivity index (χ0) is 31.2. The molecule has 0 spiro atoms. The zero-order valence-electron chi connectivity index (χ0n) is 26.0. The van der Waals surface area contributed by atoms with Gasteiger partial charge in [0.15, 0.2) is 5.58 Å². The first-order valence-corrected chi connectivity index (χ1v) is 16.1. The summed E-state index contributed by atoms with van der Waals surface area (Å²) in [6.07, 6.45) is 0. The SMILES string of the molecule is Cc1ccc2c(c1)c1cc(C)ccc1n2-c1cccc2c1oc1c(-c3ccccc3)cc(-c3ccc4oc5ccccc5c4c3)cc12. The van der Waals surface area contributed by atoms with Gasteiger partial charge in [0.1, 0.15) is 16.7 Å². The van der Waals surface area contributed by atoms with Crippen molar-refractivity contribution in [2.24, 2.45) is 0 Å². The fraction of sp³-hybridized carbons (Fsp3) is 0.0455. The van der Waals surface area contributed by atoms with Gasteiger partial charge in [-0.3, -0.25) is 0 Å². The van der Waals surface area contributed by atoms with Crippen LogP contribution in [-0.4, -0.2) is 4.57 Å². The minimum absolute atomic E-state index is 0.882. The van der Waals surface area contributed by atoms with Crippen molar-refractivity contribution in [3.63, 3.8) is 0 Å². The monoisotopic (exact) mass is 603 g/mol. The molecule has 0 amide bonds. The molecule has 3 nitrogen and oxygen atoms in total. The largest absolute Gasteiger partial charge is 0.456 e. The summed E-state index contributed by atoms with van der Waals surface area (Å²) in [7, 11) is 0. The maximum atomic E-state index is 7.01. The van der Waals surface area contributed by atoms with E-state index in [9.17, 15) is 0 Å². The molecule has 0 bridgehead atoms. The smallest absolute Gasteiger partial charge is 0.159 e. The van der Waals surface area contributed by atoms with Crippen molar-refractivity contribution in [2.75, 3.05) is 0 Å². The normalized spacial score (nSPS) is 12.0. The second kappa shape index (κ2) is 9.72. The molecule has 0 saturated carbocycles. The number of hydrogen-bond donors (Lipinski definition) is 0. The Morgan fingerprint density at radius 1 is 0.404 bits per heavy atom. The Bertz CT molecular complexity index is 2800. The van der Waals surface area contributed by atoms with Gasteiger partial charge < -0.3 is 13.4 Å². The minimum atomic E-state index is 0.882. The van der Waals surface area contributed by atoms with Crippen molar-refractivity contribution < 1.29 is 8.83 Å². The van der Waals surface area contributed by atoms with Crippen molar-refractivity contribution in [1.82, 2.24) is 4.57 Å². The third-order valence-corrected chi connectivity index (χ3v) is 9.69. The Kier molecular flexibility index (Phi) is 5.41. The van der Waals surface area contributed by atoms with Crippen LogP contribution in [0.25, 0.3) is 93.6 Å². The first kappa shape index (κ1) is 26.2. The van der Waals surface area contributed by atoms with Crippen LogP contribution in [0.5, 0.6) is 0 Å². The highest BCUT2D eigenvalue weighted by molar-refractivity contribution is 6.16. The van der Waals surface area contributed by atoms with Crippen LogP contribution >= 0.6 is 0 Å². The van der Waals surface area contributed by atoms with Crippen molar-refractivity contribution in [2.45, 2.75) is 13.8 Å². The Hall–Kier alpha value is -6.06. The summed E-state index contributed by atoms with van der Waals surface area (Å²) < 4.78 is 15.5. The Morgan fingerprint density at radius 2 is 1.09 bits per heavy atom. The molecule has 0 N–H and O–H groups in total. The number of aryl methyl sites for hydroxylation is 2. The number of benzene rings is 7. The van der Waals surface area contributed by atoms with Crippen LogP contribution in [0.1, 0.15) is 11.1 Å².